The van der Waals surface area contributed by atoms with E-state index in [2.05, 4.69) is 53.9 Å². The van der Waals surface area contributed by atoms with Gasteiger partial charge in [-0.2, -0.15) is 5.01 Å². The maximum absolute atomic E-state index is 6.62. The Morgan fingerprint density at radius 2 is 1.85 bits per heavy atom. The van der Waals surface area contributed by atoms with Crippen LogP contribution in [0.5, 0.6) is 5.75 Å². The minimum Gasteiger partial charge on any atom is -0.470 e. The molecular weight excluding hydrogens is 346 g/mol. The van der Waals surface area contributed by atoms with Crippen molar-refractivity contribution in [2.24, 2.45) is 0 Å². The number of quaternary nitrogens is 1. The summed E-state index contributed by atoms with van der Waals surface area (Å²) in [6.07, 6.45) is 4.29. The zero-order chi connectivity index (χ0) is 17.7. The quantitative estimate of drug-likeness (QED) is 0.810. The van der Waals surface area contributed by atoms with Gasteiger partial charge in [0.15, 0.2) is 5.72 Å². The van der Waals surface area contributed by atoms with Gasteiger partial charge in [-0.15, -0.1) is 0 Å². The Kier molecular flexibility index (Phi) is 3.74. The zero-order valence-corrected chi connectivity index (χ0v) is 15.6. The second kappa shape index (κ2) is 6.02. The molecule has 0 amide bonds. The van der Waals surface area contributed by atoms with Gasteiger partial charge in [-0.05, 0) is 18.2 Å². The van der Waals surface area contributed by atoms with E-state index in [4.69, 9.17) is 16.3 Å². The Morgan fingerprint density at radius 1 is 1.12 bits per heavy atom. The fourth-order valence-electron chi connectivity index (χ4n) is 4.36. The average Bonchev–Trinajstić information content (AvgIpc) is 3.11. The summed E-state index contributed by atoms with van der Waals surface area (Å²) in [5.41, 5.74) is 6.64. The second-order valence-electron chi connectivity index (χ2n) is 7.53. The first kappa shape index (κ1) is 16.2. The van der Waals surface area contributed by atoms with E-state index in [-0.39, 0.29) is 11.8 Å². The van der Waals surface area contributed by atoms with Crippen molar-refractivity contribution in [3.8, 4) is 5.75 Å². The summed E-state index contributed by atoms with van der Waals surface area (Å²) in [6, 6.07) is 16.6. The lowest BCUT2D eigenvalue weighted by Crippen LogP contribution is -3.11. The minimum atomic E-state index is -0.308. The van der Waals surface area contributed by atoms with Crippen LogP contribution in [0.25, 0.3) is 5.70 Å². The molecule has 0 unspecified atom stereocenters. The third-order valence-corrected chi connectivity index (χ3v) is 6.20. The molecule has 2 aromatic carbocycles. The molecule has 3 aliphatic rings. The predicted molar refractivity (Wildman–Crippen MR) is 103 cm³/mol. The Labute approximate surface area is 159 Å². The molecule has 2 N–H and O–H groups in total. The summed E-state index contributed by atoms with van der Waals surface area (Å²) >= 11 is 6.46. The van der Waals surface area contributed by atoms with Crippen molar-refractivity contribution in [3.05, 3.63) is 70.8 Å². The number of likely N-dealkylation sites (tertiary alicyclic amines) is 1. The second-order valence-corrected chi connectivity index (χ2v) is 7.94. The van der Waals surface area contributed by atoms with E-state index in [1.54, 1.807) is 4.90 Å². The molecule has 4 nitrogen and oxygen atoms in total. The molecular formula is C21H23ClN3O+. The van der Waals surface area contributed by atoms with E-state index in [0.29, 0.717) is 0 Å². The number of piperidine rings is 1. The van der Waals surface area contributed by atoms with Crippen LogP contribution >= 0.6 is 11.6 Å². The zero-order valence-electron chi connectivity index (χ0n) is 14.8. The van der Waals surface area contributed by atoms with Crippen LogP contribution < -0.4 is 15.1 Å². The fraction of sp³-hybridized carbons (Fsp3) is 0.333. The number of rotatable bonds is 1. The lowest BCUT2D eigenvalue weighted by atomic mass is 9.93. The molecule has 26 heavy (non-hydrogen) atoms. The van der Waals surface area contributed by atoms with Crippen LogP contribution in [0.2, 0.25) is 5.02 Å². The first-order valence-corrected chi connectivity index (χ1v) is 9.66. The Balaban J connectivity index is 1.59. The van der Waals surface area contributed by atoms with Gasteiger partial charge in [-0.25, -0.2) is 0 Å². The van der Waals surface area contributed by atoms with Gasteiger partial charge in [0.2, 0.25) is 0 Å². The molecule has 1 spiro atoms. The monoisotopic (exact) mass is 368 g/mol. The Hall–Kier alpha value is -2.01. The van der Waals surface area contributed by atoms with E-state index >= 15 is 0 Å². The number of hydrogen-bond acceptors (Lipinski definition) is 3. The SMILES string of the molecule is C[NH+]1CCC2(CC1)Oc1ccccc1[C@H]1C=C(c3ccccc3Cl)NN12. The average molecular weight is 369 g/mol. The molecule has 5 rings (SSSR count). The van der Waals surface area contributed by atoms with E-state index < -0.39 is 0 Å². The first-order valence-electron chi connectivity index (χ1n) is 9.28. The van der Waals surface area contributed by atoms with Gasteiger partial charge in [0, 0.05) is 16.1 Å². The number of hydrogen-bond donors (Lipinski definition) is 2. The molecule has 2 aromatic rings. The lowest BCUT2D eigenvalue weighted by Gasteiger charge is -2.50. The van der Waals surface area contributed by atoms with Crippen LogP contribution in [0.15, 0.2) is 54.6 Å². The molecule has 3 heterocycles. The molecule has 0 bridgehead atoms. The van der Waals surface area contributed by atoms with Crippen molar-refractivity contribution in [3.63, 3.8) is 0 Å². The van der Waals surface area contributed by atoms with Gasteiger partial charge in [0.25, 0.3) is 0 Å². The van der Waals surface area contributed by atoms with Crippen LogP contribution in [-0.2, 0) is 0 Å². The number of ether oxygens (including phenoxy) is 1. The highest BCUT2D eigenvalue weighted by Gasteiger charge is 2.52. The summed E-state index contributed by atoms with van der Waals surface area (Å²) in [6.45, 7) is 2.21. The number of halogens is 1. The van der Waals surface area contributed by atoms with Gasteiger partial charge in [-0.1, -0.05) is 48.0 Å². The van der Waals surface area contributed by atoms with Gasteiger partial charge in [-0.3, -0.25) is 0 Å². The Morgan fingerprint density at radius 3 is 2.65 bits per heavy atom. The van der Waals surface area contributed by atoms with Crippen molar-refractivity contribution in [2.75, 3.05) is 20.1 Å². The Bertz CT molecular complexity index is 873. The van der Waals surface area contributed by atoms with Crippen molar-refractivity contribution in [1.82, 2.24) is 10.4 Å². The van der Waals surface area contributed by atoms with Gasteiger partial charge >= 0.3 is 0 Å². The van der Waals surface area contributed by atoms with E-state index in [1.807, 2.05) is 18.2 Å². The lowest BCUT2D eigenvalue weighted by molar-refractivity contribution is -0.888. The number of nitrogens with zero attached hydrogens (tertiary/aromatic N) is 1. The maximum Gasteiger partial charge on any atom is 0.191 e. The van der Waals surface area contributed by atoms with Crippen molar-refractivity contribution in [2.45, 2.75) is 24.6 Å². The summed E-state index contributed by atoms with van der Waals surface area (Å²) < 4.78 is 6.62. The van der Waals surface area contributed by atoms with Crippen LogP contribution in [0.3, 0.4) is 0 Å². The van der Waals surface area contributed by atoms with Crippen molar-refractivity contribution >= 4 is 17.3 Å². The molecule has 0 radical (unpaired) electrons. The summed E-state index contributed by atoms with van der Waals surface area (Å²) in [5, 5.41) is 3.09. The number of hydrazine groups is 1. The fourth-order valence-corrected chi connectivity index (χ4v) is 4.60. The summed E-state index contributed by atoms with van der Waals surface area (Å²) in [5.74, 6) is 1.01. The summed E-state index contributed by atoms with van der Waals surface area (Å²) in [7, 11) is 2.26. The summed E-state index contributed by atoms with van der Waals surface area (Å²) in [4.78, 5) is 1.56. The van der Waals surface area contributed by atoms with Gasteiger partial charge in [0.05, 0.1) is 44.7 Å². The molecule has 3 aliphatic heterocycles. The topological polar surface area (TPSA) is 28.9 Å². The number of para-hydroxylation sites is 1. The standard InChI is InChI=1S/C21H22ClN3O/c1-24-12-10-21(11-13-24)25-19(16-7-3-5-9-20(16)26-21)14-18(23-25)15-6-2-4-8-17(15)22/h2-9,14,19,23H,10-13H2,1H3/p+1/t19-/m1/s1. The normalized spacial score (nSPS) is 30.2. The smallest absolute Gasteiger partial charge is 0.191 e. The highest BCUT2D eigenvalue weighted by molar-refractivity contribution is 6.32. The van der Waals surface area contributed by atoms with Crippen LogP contribution in [0, 0.1) is 0 Å². The predicted octanol–water partition coefficient (Wildman–Crippen LogP) is 2.64. The van der Waals surface area contributed by atoms with Crippen LogP contribution in [0.1, 0.15) is 30.0 Å². The molecule has 0 saturated carbocycles. The molecule has 0 aliphatic carbocycles. The third-order valence-electron chi connectivity index (χ3n) is 5.87. The number of fused-ring (bicyclic) bond motifs is 4. The van der Waals surface area contributed by atoms with E-state index in [1.165, 1.54) is 5.56 Å². The largest absolute Gasteiger partial charge is 0.470 e. The molecule has 1 fully saturated rings. The molecule has 1 atom stereocenters. The number of nitrogens with one attached hydrogen (secondary N) is 2. The molecule has 5 heteroatoms. The third kappa shape index (κ3) is 2.44. The van der Waals surface area contributed by atoms with Crippen LogP contribution in [0.4, 0.5) is 0 Å². The molecule has 134 valence electrons. The molecule has 1 saturated heterocycles. The first-order chi connectivity index (χ1) is 12.7. The maximum atomic E-state index is 6.62. The van der Waals surface area contributed by atoms with E-state index in [0.717, 1.165) is 48.0 Å². The molecule has 0 aromatic heterocycles. The minimum absolute atomic E-state index is 0.157. The van der Waals surface area contributed by atoms with Gasteiger partial charge in [0.1, 0.15) is 5.75 Å². The van der Waals surface area contributed by atoms with Crippen molar-refractivity contribution in [1.29, 1.82) is 0 Å². The van der Waals surface area contributed by atoms with Crippen molar-refractivity contribution < 1.29 is 9.64 Å². The van der Waals surface area contributed by atoms with E-state index in [9.17, 15) is 0 Å². The van der Waals surface area contributed by atoms with Crippen LogP contribution in [-0.4, -0.2) is 30.9 Å². The highest BCUT2D eigenvalue weighted by atomic mass is 35.5. The highest BCUT2D eigenvalue weighted by Crippen LogP contribution is 2.47. The number of benzene rings is 2. The van der Waals surface area contributed by atoms with Gasteiger partial charge < -0.3 is 15.1 Å².